The number of carbonyl (C=O) groups is 1. The van der Waals surface area contributed by atoms with Crippen LogP contribution in [0.4, 0.5) is 4.79 Å². The van der Waals surface area contributed by atoms with Gasteiger partial charge in [-0.25, -0.2) is 9.78 Å². The monoisotopic (exact) mass is 259 g/mol. The molecule has 1 atom stereocenters. The van der Waals surface area contributed by atoms with E-state index in [1.807, 2.05) is 43.9 Å². The van der Waals surface area contributed by atoms with Gasteiger partial charge in [-0.05, 0) is 31.5 Å². The van der Waals surface area contributed by atoms with Crippen LogP contribution in [0.15, 0.2) is 22.6 Å². The second-order valence-corrected chi connectivity index (χ2v) is 5.21. The van der Waals surface area contributed by atoms with Crippen LogP contribution < -0.4 is 5.32 Å². The fourth-order valence-corrected chi connectivity index (χ4v) is 2.47. The molecule has 0 radical (unpaired) electrons. The fraction of sp³-hybridized carbons (Fsp3) is 0.429. The van der Waals surface area contributed by atoms with E-state index in [0.29, 0.717) is 12.4 Å². The first-order valence-corrected chi connectivity index (χ1v) is 6.49. The fourth-order valence-electron chi connectivity index (χ4n) is 2.47. The molecular weight excluding hydrogens is 242 g/mol. The van der Waals surface area contributed by atoms with Crippen molar-refractivity contribution in [3.63, 3.8) is 0 Å². The SMILES string of the molecule is Cc1nc2cc(C3CN(C(C)C)C(=O)N3)ccc2o1. The summed E-state index contributed by atoms with van der Waals surface area (Å²) in [4.78, 5) is 18.0. The van der Waals surface area contributed by atoms with Crippen molar-refractivity contribution in [1.82, 2.24) is 15.2 Å². The van der Waals surface area contributed by atoms with Crippen LogP contribution in [0.1, 0.15) is 31.3 Å². The summed E-state index contributed by atoms with van der Waals surface area (Å²) in [7, 11) is 0. The van der Waals surface area contributed by atoms with Crippen molar-refractivity contribution >= 4 is 17.1 Å². The predicted octanol–water partition coefficient (Wildman–Crippen LogP) is 2.61. The lowest BCUT2D eigenvalue weighted by Gasteiger charge is -2.18. The molecule has 1 saturated heterocycles. The molecule has 1 unspecified atom stereocenters. The van der Waals surface area contributed by atoms with Crippen LogP contribution in [0.5, 0.6) is 0 Å². The Bertz CT molecular complexity index is 633. The second kappa shape index (κ2) is 4.26. The average molecular weight is 259 g/mol. The van der Waals surface area contributed by atoms with Gasteiger partial charge in [-0.15, -0.1) is 0 Å². The van der Waals surface area contributed by atoms with Crippen LogP contribution >= 0.6 is 0 Å². The number of amides is 2. The normalized spacial score (nSPS) is 19.5. The molecule has 2 heterocycles. The Labute approximate surface area is 111 Å². The van der Waals surface area contributed by atoms with Crippen LogP contribution in [0.25, 0.3) is 11.1 Å². The van der Waals surface area contributed by atoms with Crippen molar-refractivity contribution in [1.29, 1.82) is 0 Å². The second-order valence-electron chi connectivity index (χ2n) is 5.21. The van der Waals surface area contributed by atoms with E-state index in [1.54, 1.807) is 0 Å². The Kier molecular flexibility index (Phi) is 2.69. The van der Waals surface area contributed by atoms with Crippen LogP contribution in [0.2, 0.25) is 0 Å². The van der Waals surface area contributed by atoms with Crippen LogP contribution in [0.3, 0.4) is 0 Å². The van der Waals surface area contributed by atoms with Gasteiger partial charge in [0.2, 0.25) is 0 Å². The molecule has 19 heavy (non-hydrogen) atoms. The highest BCUT2D eigenvalue weighted by atomic mass is 16.3. The number of fused-ring (bicyclic) bond motifs is 1. The number of oxazole rings is 1. The summed E-state index contributed by atoms with van der Waals surface area (Å²) in [5.41, 5.74) is 2.69. The molecule has 2 amide bonds. The Morgan fingerprint density at radius 2 is 2.26 bits per heavy atom. The first-order valence-electron chi connectivity index (χ1n) is 6.49. The third kappa shape index (κ3) is 2.05. The number of nitrogens with one attached hydrogen (secondary N) is 1. The molecular formula is C14H17N3O2. The van der Waals surface area contributed by atoms with Gasteiger partial charge in [0.15, 0.2) is 11.5 Å². The Balaban J connectivity index is 1.90. The Morgan fingerprint density at radius 1 is 1.47 bits per heavy atom. The first-order chi connectivity index (χ1) is 9.04. The van der Waals surface area contributed by atoms with E-state index in [1.165, 1.54) is 0 Å². The molecule has 1 aromatic heterocycles. The number of benzene rings is 1. The summed E-state index contributed by atoms with van der Waals surface area (Å²) in [5.74, 6) is 0.659. The average Bonchev–Trinajstić information content (AvgIpc) is 2.89. The van der Waals surface area contributed by atoms with Crippen LogP contribution in [-0.2, 0) is 0 Å². The lowest BCUT2D eigenvalue weighted by Crippen LogP contribution is -2.33. The van der Waals surface area contributed by atoms with Crippen molar-refractivity contribution in [2.24, 2.45) is 0 Å². The molecule has 0 bridgehead atoms. The summed E-state index contributed by atoms with van der Waals surface area (Å²) < 4.78 is 5.46. The molecule has 0 spiro atoms. The van der Waals surface area contributed by atoms with Gasteiger partial charge in [0.05, 0.1) is 6.04 Å². The summed E-state index contributed by atoms with van der Waals surface area (Å²) in [6.45, 7) is 6.56. The van der Waals surface area contributed by atoms with Gasteiger partial charge in [0.25, 0.3) is 0 Å². The highest BCUT2D eigenvalue weighted by Gasteiger charge is 2.31. The number of hydrogen-bond donors (Lipinski definition) is 1. The van der Waals surface area contributed by atoms with Crippen molar-refractivity contribution in [3.05, 3.63) is 29.7 Å². The molecule has 0 saturated carbocycles. The highest BCUT2D eigenvalue weighted by Crippen LogP contribution is 2.25. The molecule has 1 aliphatic heterocycles. The maximum Gasteiger partial charge on any atom is 0.318 e. The summed E-state index contributed by atoms with van der Waals surface area (Å²) >= 11 is 0. The third-order valence-corrected chi connectivity index (χ3v) is 3.48. The van der Waals surface area contributed by atoms with Crippen molar-refractivity contribution < 1.29 is 9.21 Å². The van der Waals surface area contributed by atoms with Gasteiger partial charge < -0.3 is 14.6 Å². The molecule has 3 rings (SSSR count). The van der Waals surface area contributed by atoms with Crippen LogP contribution in [0, 0.1) is 6.92 Å². The molecule has 1 fully saturated rings. The standard InChI is InChI=1S/C14H17N3O2/c1-8(2)17-7-12(16-14(17)18)10-4-5-13-11(6-10)15-9(3)19-13/h4-6,8,12H,7H2,1-3H3,(H,16,18). The van der Waals surface area contributed by atoms with Gasteiger partial charge in [-0.3, -0.25) is 0 Å². The number of carbonyl (C=O) groups excluding carboxylic acids is 1. The van der Waals surface area contributed by atoms with E-state index in [4.69, 9.17) is 4.42 Å². The van der Waals surface area contributed by atoms with Crippen molar-refractivity contribution in [2.45, 2.75) is 32.9 Å². The van der Waals surface area contributed by atoms with E-state index in [2.05, 4.69) is 10.3 Å². The largest absolute Gasteiger partial charge is 0.441 e. The number of rotatable bonds is 2. The van der Waals surface area contributed by atoms with Crippen LogP contribution in [-0.4, -0.2) is 28.5 Å². The van der Waals surface area contributed by atoms with Gasteiger partial charge in [-0.2, -0.15) is 0 Å². The third-order valence-electron chi connectivity index (χ3n) is 3.48. The first kappa shape index (κ1) is 12.0. The number of aryl methyl sites for hydroxylation is 1. The van der Waals surface area contributed by atoms with Crippen molar-refractivity contribution in [2.75, 3.05) is 6.54 Å². The predicted molar refractivity (Wildman–Crippen MR) is 71.9 cm³/mol. The molecule has 5 nitrogen and oxygen atoms in total. The van der Waals surface area contributed by atoms with Gasteiger partial charge in [0, 0.05) is 19.5 Å². The smallest absolute Gasteiger partial charge is 0.318 e. The highest BCUT2D eigenvalue weighted by molar-refractivity contribution is 5.78. The Hall–Kier alpha value is -2.04. The minimum absolute atomic E-state index is 0.00331. The van der Waals surface area contributed by atoms with E-state index in [0.717, 1.165) is 16.7 Å². The topological polar surface area (TPSA) is 58.4 Å². The lowest BCUT2D eigenvalue weighted by atomic mass is 10.1. The zero-order valence-electron chi connectivity index (χ0n) is 11.3. The summed E-state index contributed by atoms with van der Waals surface area (Å²) in [5, 5.41) is 3.00. The maximum atomic E-state index is 11.8. The number of hydrogen-bond acceptors (Lipinski definition) is 3. The minimum Gasteiger partial charge on any atom is -0.441 e. The van der Waals surface area contributed by atoms with E-state index in [-0.39, 0.29) is 18.1 Å². The number of urea groups is 1. The van der Waals surface area contributed by atoms with E-state index in [9.17, 15) is 4.79 Å². The Morgan fingerprint density at radius 3 is 2.95 bits per heavy atom. The number of nitrogens with zero attached hydrogens (tertiary/aromatic N) is 2. The van der Waals surface area contributed by atoms with Gasteiger partial charge >= 0.3 is 6.03 Å². The molecule has 2 aromatic rings. The minimum atomic E-state index is -0.00331. The zero-order chi connectivity index (χ0) is 13.6. The lowest BCUT2D eigenvalue weighted by molar-refractivity contribution is 0.206. The van der Waals surface area contributed by atoms with Gasteiger partial charge in [-0.1, -0.05) is 6.07 Å². The molecule has 1 aromatic carbocycles. The van der Waals surface area contributed by atoms with Crippen molar-refractivity contribution in [3.8, 4) is 0 Å². The molecule has 1 aliphatic rings. The number of aromatic nitrogens is 1. The van der Waals surface area contributed by atoms with E-state index >= 15 is 0 Å². The molecule has 100 valence electrons. The molecule has 5 heteroatoms. The maximum absolute atomic E-state index is 11.8. The van der Waals surface area contributed by atoms with Gasteiger partial charge in [0.1, 0.15) is 5.52 Å². The zero-order valence-corrected chi connectivity index (χ0v) is 11.3. The summed E-state index contributed by atoms with van der Waals surface area (Å²) in [6, 6.07) is 6.12. The quantitative estimate of drug-likeness (QED) is 0.901. The molecule has 0 aliphatic carbocycles. The summed E-state index contributed by atoms with van der Waals surface area (Å²) in [6.07, 6.45) is 0. The van der Waals surface area contributed by atoms with E-state index < -0.39 is 0 Å². The molecule has 1 N–H and O–H groups in total.